The number of carbonyl (C=O) groups excluding carboxylic acids is 1. The highest BCUT2D eigenvalue weighted by Crippen LogP contribution is 2.25. The van der Waals surface area contributed by atoms with Crippen molar-refractivity contribution in [2.24, 2.45) is 5.92 Å². The summed E-state index contributed by atoms with van der Waals surface area (Å²) in [5, 5.41) is 9.55. The van der Waals surface area contributed by atoms with Crippen LogP contribution in [0.15, 0.2) is 6.33 Å². The van der Waals surface area contributed by atoms with Gasteiger partial charge in [-0.2, -0.15) is 5.10 Å². The van der Waals surface area contributed by atoms with Gasteiger partial charge in [-0.1, -0.05) is 25.7 Å². The zero-order valence-corrected chi connectivity index (χ0v) is 11.0. The average molecular weight is 250 g/mol. The van der Waals surface area contributed by atoms with Gasteiger partial charge in [-0.25, -0.2) is 4.98 Å². The summed E-state index contributed by atoms with van der Waals surface area (Å²) in [5.74, 6) is 1.41. The van der Waals surface area contributed by atoms with Crippen LogP contribution in [-0.4, -0.2) is 21.1 Å². The Morgan fingerprint density at radius 3 is 2.78 bits per heavy atom. The van der Waals surface area contributed by atoms with E-state index in [0.717, 1.165) is 0 Å². The molecule has 18 heavy (non-hydrogen) atoms. The molecule has 1 unspecified atom stereocenters. The number of rotatable bonds is 4. The van der Waals surface area contributed by atoms with Crippen LogP contribution in [0.3, 0.4) is 0 Å². The Balaban J connectivity index is 1.77. The lowest BCUT2D eigenvalue weighted by Crippen LogP contribution is -2.29. The molecule has 0 aliphatic heterocycles. The van der Waals surface area contributed by atoms with Crippen molar-refractivity contribution in [1.82, 2.24) is 20.5 Å². The Labute approximate surface area is 108 Å². The van der Waals surface area contributed by atoms with E-state index >= 15 is 0 Å². The van der Waals surface area contributed by atoms with Gasteiger partial charge in [0.05, 0.1) is 6.04 Å². The molecular formula is C13H22N4O. The number of aromatic nitrogens is 3. The molecule has 1 aromatic rings. The SMILES string of the molecule is CC(NC(=O)CC1CCCCCC1)c1ncn[nH]1. The first kappa shape index (κ1) is 13.1. The van der Waals surface area contributed by atoms with E-state index in [9.17, 15) is 4.79 Å². The van der Waals surface area contributed by atoms with Gasteiger partial charge in [0.15, 0.2) is 0 Å². The lowest BCUT2D eigenvalue weighted by molar-refractivity contribution is -0.122. The Bertz CT molecular complexity index is 355. The molecule has 1 aliphatic rings. The van der Waals surface area contributed by atoms with E-state index in [1.807, 2.05) is 6.92 Å². The Morgan fingerprint density at radius 2 is 2.17 bits per heavy atom. The molecule has 0 spiro atoms. The molecule has 2 N–H and O–H groups in total. The second-order valence-corrected chi connectivity index (χ2v) is 5.22. The minimum Gasteiger partial charge on any atom is -0.346 e. The fraction of sp³-hybridized carbons (Fsp3) is 0.769. The zero-order valence-electron chi connectivity index (χ0n) is 11.0. The number of carbonyl (C=O) groups is 1. The molecule has 1 heterocycles. The van der Waals surface area contributed by atoms with E-state index in [4.69, 9.17) is 0 Å². The maximum atomic E-state index is 12.0. The monoisotopic (exact) mass is 250 g/mol. The topological polar surface area (TPSA) is 70.7 Å². The normalized spacial score (nSPS) is 19.2. The number of aromatic amines is 1. The number of nitrogens with zero attached hydrogens (tertiary/aromatic N) is 2. The molecule has 0 aromatic carbocycles. The Morgan fingerprint density at radius 1 is 1.44 bits per heavy atom. The van der Waals surface area contributed by atoms with E-state index in [-0.39, 0.29) is 11.9 Å². The second kappa shape index (κ2) is 6.52. The van der Waals surface area contributed by atoms with Gasteiger partial charge in [-0.15, -0.1) is 0 Å². The third-order valence-corrected chi connectivity index (χ3v) is 3.67. The summed E-state index contributed by atoms with van der Waals surface area (Å²) in [6.07, 6.45) is 9.71. The van der Waals surface area contributed by atoms with Crippen molar-refractivity contribution in [3.8, 4) is 0 Å². The molecular weight excluding hydrogens is 228 g/mol. The molecule has 100 valence electrons. The van der Waals surface area contributed by atoms with E-state index < -0.39 is 0 Å². The molecule has 0 radical (unpaired) electrons. The Kier molecular flexibility index (Phi) is 4.73. The largest absolute Gasteiger partial charge is 0.346 e. The van der Waals surface area contributed by atoms with Crippen molar-refractivity contribution >= 4 is 5.91 Å². The zero-order chi connectivity index (χ0) is 12.8. The van der Waals surface area contributed by atoms with Gasteiger partial charge >= 0.3 is 0 Å². The van der Waals surface area contributed by atoms with Crippen LogP contribution in [0.5, 0.6) is 0 Å². The van der Waals surface area contributed by atoms with Gasteiger partial charge in [-0.3, -0.25) is 9.89 Å². The predicted molar refractivity (Wildman–Crippen MR) is 68.7 cm³/mol. The molecule has 0 bridgehead atoms. The van der Waals surface area contributed by atoms with Gasteiger partial charge in [0.2, 0.25) is 5.91 Å². The van der Waals surface area contributed by atoms with Crippen molar-refractivity contribution in [3.63, 3.8) is 0 Å². The summed E-state index contributed by atoms with van der Waals surface area (Å²) >= 11 is 0. The fourth-order valence-electron chi connectivity index (χ4n) is 2.62. The van der Waals surface area contributed by atoms with Crippen LogP contribution in [0, 0.1) is 5.92 Å². The van der Waals surface area contributed by atoms with Crippen LogP contribution in [0.1, 0.15) is 63.7 Å². The minimum atomic E-state index is -0.0919. The summed E-state index contributed by atoms with van der Waals surface area (Å²) in [5.41, 5.74) is 0. The predicted octanol–water partition coefficient (Wildman–Crippen LogP) is 2.34. The van der Waals surface area contributed by atoms with Gasteiger partial charge < -0.3 is 5.32 Å². The molecule has 2 rings (SSSR count). The molecule has 1 amide bonds. The van der Waals surface area contributed by atoms with Gasteiger partial charge in [-0.05, 0) is 25.7 Å². The van der Waals surface area contributed by atoms with Crippen molar-refractivity contribution in [3.05, 3.63) is 12.2 Å². The van der Waals surface area contributed by atoms with Crippen LogP contribution >= 0.6 is 0 Å². The Hall–Kier alpha value is -1.39. The number of H-pyrrole nitrogens is 1. The number of hydrogen-bond donors (Lipinski definition) is 2. The highest BCUT2D eigenvalue weighted by molar-refractivity contribution is 5.76. The summed E-state index contributed by atoms with van der Waals surface area (Å²) in [6.45, 7) is 1.92. The third-order valence-electron chi connectivity index (χ3n) is 3.67. The first-order valence-electron chi connectivity index (χ1n) is 6.90. The van der Waals surface area contributed by atoms with Crippen LogP contribution in [0.25, 0.3) is 0 Å². The standard InChI is InChI=1S/C13H22N4O/c1-10(13-14-9-15-17-13)16-12(18)8-11-6-4-2-3-5-7-11/h9-11H,2-8H2,1H3,(H,16,18)(H,14,15,17). The summed E-state index contributed by atoms with van der Waals surface area (Å²) in [7, 11) is 0. The molecule has 1 aliphatic carbocycles. The van der Waals surface area contributed by atoms with Gasteiger partial charge in [0, 0.05) is 6.42 Å². The molecule has 0 saturated heterocycles. The number of hydrogen-bond acceptors (Lipinski definition) is 3. The van der Waals surface area contributed by atoms with E-state index in [2.05, 4.69) is 20.5 Å². The molecule has 1 aromatic heterocycles. The van der Waals surface area contributed by atoms with Crippen molar-refractivity contribution in [2.75, 3.05) is 0 Å². The van der Waals surface area contributed by atoms with E-state index in [0.29, 0.717) is 18.2 Å². The smallest absolute Gasteiger partial charge is 0.220 e. The molecule has 5 heteroatoms. The molecule has 1 saturated carbocycles. The summed E-state index contributed by atoms with van der Waals surface area (Å²) < 4.78 is 0. The van der Waals surface area contributed by atoms with Crippen LogP contribution in [0.2, 0.25) is 0 Å². The van der Waals surface area contributed by atoms with Crippen molar-refractivity contribution in [1.29, 1.82) is 0 Å². The summed E-state index contributed by atoms with van der Waals surface area (Å²) in [6, 6.07) is -0.0919. The van der Waals surface area contributed by atoms with Gasteiger partial charge in [0.1, 0.15) is 12.2 Å². The quantitative estimate of drug-likeness (QED) is 0.806. The van der Waals surface area contributed by atoms with E-state index in [1.165, 1.54) is 44.9 Å². The minimum absolute atomic E-state index is 0.0919. The first-order chi connectivity index (χ1) is 8.75. The number of amides is 1. The van der Waals surface area contributed by atoms with Crippen molar-refractivity contribution in [2.45, 2.75) is 57.9 Å². The van der Waals surface area contributed by atoms with Crippen LogP contribution in [0.4, 0.5) is 0 Å². The molecule has 1 fully saturated rings. The lowest BCUT2D eigenvalue weighted by atomic mass is 9.96. The van der Waals surface area contributed by atoms with Gasteiger partial charge in [0.25, 0.3) is 0 Å². The first-order valence-corrected chi connectivity index (χ1v) is 6.90. The maximum absolute atomic E-state index is 12.0. The highest BCUT2D eigenvalue weighted by atomic mass is 16.1. The molecule has 5 nitrogen and oxygen atoms in total. The molecule has 1 atom stereocenters. The second-order valence-electron chi connectivity index (χ2n) is 5.22. The van der Waals surface area contributed by atoms with E-state index in [1.54, 1.807) is 0 Å². The fourth-order valence-corrected chi connectivity index (χ4v) is 2.62. The van der Waals surface area contributed by atoms with Crippen LogP contribution in [-0.2, 0) is 4.79 Å². The summed E-state index contributed by atoms with van der Waals surface area (Å²) in [4.78, 5) is 16.0. The average Bonchev–Trinajstić information content (AvgIpc) is 2.76. The number of nitrogens with one attached hydrogen (secondary N) is 2. The van der Waals surface area contributed by atoms with Crippen molar-refractivity contribution < 1.29 is 4.79 Å². The van der Waals surface area contributed by atoms with Crippen LogP contribution < -0.4 is 5.32 Å². The third kappa shape index (κ3) is 3.82. The highest BCUT2D eigenvalue weighted by Gasteiger charge is 2.18. The maximum Gasteiger partial charge on any atom is 0.220 e. The lowest BCUT2D eigenvalue weighted by Gasteiger charge is -2.16.